The van der Waals surface area contributed by atoms with Crippen LogP contribution in [0.25, 0.3) is 0 Å². The molecule has 126 valence electrons. The Kier molecular flexibility index (Phi) is 5.40. The molecule has 2 rings (SSSR count). The molecule has 0 spiro atoms. The third-order valence-corrected chi connectivity index (χ3v) is 5.19. The summed E-state index contributed by atoms with van der Waals surface area (Å²) in [5.74, 6) is 0. The molecule has 0 radical (unpaired) electrons. The first-order valence-corrected chi connectivity index (χ1v) is 8.93. The Morgan fingerprint density at radius 2 is 1.67 bits per heavy atom. The molecule has 1 N–H and O–H groups in total. The normalized spacial score (nSPS) is 12.1. The molecule has 5 nitrogen and oxygen atoms in total. The first-order valence-electron chi connectivity index (χ1n) is 7.49. The number of sulfonamides is 1. The summed E-state index contributed by atoms with van der Waals surface area (Å²) in [4.78, 5) is 0.0988. The minimum absolute atomic E-state index is 0.0375. The van der Waals surface area contributed by atoms with Crippen LogP contribution < -0.4 is 0 Å². The zero-order valence-corrected chi connectivity index (χ0v) is 14.5. The number of aliphatic hydroxyl groups is 1. The van der Waals surface area contributed by atoms with Gasteiger partial charge in [-0.25, -0.2) is 8.42 Å². The van der Waals surface area contributed by atoms with Crippen LogP contribution in [0, 0.1) is 11.3 Å². The van der Waals surface area contributed by atoms with E-state index in [1.807, 2.05) is 36.4 Å². The summed E-state index contributed by atoms with van der Waals surface area (Å²) in [5.41, 5.74) is 0.0547. The lowest BCUT2D eigenvalue weighted by Gasteiger charge is -2.28. The van der Waals surface area contributed by atoms with Gasteiger partial charge in [0.25, 0.3) is 0 Å². The van der Waals surface area contributed by atoms with Crippen molar-refractivity contribution < 1.29 is 13.5 Å². The van der Waals surface area contributed by atoms with Crippen molar-refractivity contribution in [3.8, 4) is 6.07 Å². The highest BCUT2D eigenvalue weighted by molar-refractivity contribution is 7.89. The summed E-state index contributed by atoms with van der Waals surface area (Å²) in [6.45, 7) is 3.26. The Morgan fingerprint density at radius 1 is 1.08 bits per heavy atom. The van der Waals surface area contributed by atoms with Gasteiger partial charge in [0.15, 0.2) is 0 Å². The second kappa shape index (κ2) is 7.14. The fraction of sp³-hybridized carbons (Fsp3) is 0.278. The molecule has 0 aliphatic carbocycles. The fourth-order valence-electron chi connectivity index (χ4n) is 2.30. The van der Waals surface area contributed by atoms with Crippen molar-refractivity contribution in [3.63, 3.8) is 0 Å². The van der Waals surface area contributed by atoms with Crippen LogP contribution in [0.2, 0.25) is 0 Å². The molecule has 6 heteroatoms. The summed E-state index contributed by atoms with van der Waals surface area (Å²) in [7, 11) is -3.79. The van der Waals surface area contributed by atoms with E-state index in [0.717, 1.165) is 5.56 Å². The van der Waals surface area contributed by atoms with E-state index in [1.54, 1.807) is 13.8 Å². The summed E-state index contributed by atoms with van der Waals surface area (Å²) in [5, 5.41) is 19.0. The van der Waals surface area contributed by atoms with E-state index in [-0.39, 0.29) is 18.0 Å². The minimum Gasteiger partial charge on any atom is -0.389 e. The SMILES string of the molecule is CC(C)(O)CN(Cc1ccccc1)S(=O)(=O)c1ccc(C#N)cc1. The molecule has 0 saturated carbocycles. The van der Waals surface area contributed by atoms with Crippen molar-refractivity contribution >= 4 is 10.0 Å². The van der Waals surface area contributed by atoms with Crippen molar-refractivity contribution in [2.24, 2.45) is 0 Å². The summed E-state index contributed by atoms with van der Waals surface area (Å²) in [6, 6.07) is 16.9. The van der Waals surface area contributed by atoms with Gasteiger partial charge in [0, 0.05) is 13.1 Å². The average molecular weight is 344 g/mol. The van der Waals surface area contributed by atoms with Crippen molar-refractivity contribution in [3.05, 3.63) is 65.7 Å². The zero-order valence-electron chi connectivity index (χ0n) is 13.7. The van der Waals surface area contributed by atoms with Gasteiger partial charge >= 0.3 is 0 Å². The van der Waals surface area contributed by atoms with Crippen molar-refractivity contribution in [2.45, 2.75) is 30.9 Å². The zero-order chi connectivity index (χ0) is 17.8. The molecule has 0 unspecified atom stereocenters. The molecule has 0 aliphatic rings. The average Bonchev–Trinajstić information content (AvgIpc) is 2.54. The van der Waals surface area contributed by atoms with Crippen molar-refractivity contribution in [2.75, 3.05) is 6.54 Å². The number of hydrogen-bond acceptors (Lipinski definition) is 4. The summed E-state index contributed by atoms with van der Waals surface area (Å²) < 4.78 is 27.1. The molecule has 0 amide bonds. The number of benzene rings is 2. The topological polar surface area (TPSA) is 81.4 Å². The predicted octanol–water partition coefficient (Wildman–Crippen LogP) is 2.52. The lowest BCUT2D eigenvalue weighted by atomic mass is 10.1. The van der Waals surface area contributed by atoms with Crippen LogP contribution in [0.5, 0.6) is 0 Å². The van der Waals surface area contributed by atoms with Crippen LogP contribution in [0.1, 0.15) is 25.0 Å². The van der Waals surface area contributed by atoms with E-state index in [2.05, 4.69) is 0 Å². The molecule has 0 aliphatic heterocycles. The van der Waals surface area contributed by atoms with Crippen LogP contribution in [0.4, 0.5) is 0 Å². The minimum atomic E-state index is -3.79. The van der Waals surface area contributed by atoms with Crippen LogP contribution >= 0.6 is 0 Å². The van der Waals surface area contributed by atoms with Crippen LogP contribution in [-0.4, -0.2) is 30.0 Å². The lowest BCUT2D eigenvalue weighted by molar-refractivity contribution is 0.0577. The molecule has 0 heterocycles. The van der Waals surface area contributed by atoms with E-state index in [0.29, 0.717) is 5.56 Å². The quantitative estimate of drug-likeness (QED) is 0.873. The first kappa shape index (κ1) is 18.1. The van der Waals surface area contributed by atoms with Crippen LogP contribution in [0.15, 0.2) is 59.5 Å². The monoisotopic (exact) mass is 344 g/mol. The second-order valence-corrected chi connectivity index (χ2v) is 8.15. The third-order valence-electron chi connectivity index (χ3n) is 3.39. The Morgan fingerprint density at radius 3 is 2.17 bits per heavy atom. The van der Waals surface area contributed by atoms with Gasteiger partial charge < -0.3 is 5.11 Å². The van der Waals surface area contributed by atoms with Gasteiger partial charge in [0.2, 0.25) is 10.0 Å². The molecule has 0 aromatic heterocycles. The molecular weight excluding hydrogens is 324 g/mol. The molecule has 0 atom stereocenters. The smallest absolute Gasteiger partial charge is 0.243 e. The highest BCUT2D eigenvalue weighted by Gasteiger charge is 2.29. The standard InChI is InChI=1S/C18H20N2O3S/c1-18(2,21)14-20(13-16-6-4-3-5-7-16)24(22,23)17-10-8-15(12-19)9-11-17/h3-11,21H,13-14H2,1-2H3. The molecule has 24 heavy (non-hydrogen) atoms. The number of rotatable bonds is 6. The van der Waals surface area contributed by atoms with Gasteiger partial charge in [0.1, 0.15) is 0 Å². The maximum Gasteiger partial charge on any atom is 0.243 e. The van der Waals surface area contributed by atoms with E-state index < -0.39 is 15.6 Å². The Balaban J connectivity index is 2.38. The third kappa shape index (κ3) is 4.65. The molecule has 2 aromatic carbocycles. The molecule has 2 aromatic rings. The molecule has 0 saturated heterocycles. The highest BCUT2D eigenvalue weighted by Crippen LogP contribution is 2.21. The van der Waals surface area contributed by atoms with Crippen LogP contribution in [-0.2, 0) is 16.6 Å². The van der Waals surface area contributed by atoms with E-state index in [9.17, 15) is 13.5 Å². The Hall–Kier alpha value is -2.20. The first-order chi connectivity index (χ1) is 11.2. The van der Waals surface area contributed by atoms with E-state index in [1.165, 1.54) is 28.6 Å². The predicted molar refractivity (Wildman–Crippen MR) is 91.5 cm³/mol. The fourth-order valence-corrected chi connectivity index (χ4v) is 3.88. The summed E-state index contributed by atoms with van der Waals surface area (Å²) in [6.07, 6.45) is 0. The molecule has 0 fully saturated rings. The molecule has 0 bridgehead atoms. The maximum atomic E-state index is 12.9. The molecular formula is C18H20N2O3S. The van der Waals surface area contributed by atoms with E-state index >= 15 is 0 Å². The number of nitrogens with zero attached hydrogens (tertiary/aromatic N) is 2. The largest absolute Gasteiger partial charge is 0.389 e. The van der Waals surface area contributed by atoms with Gasteiger partial charge in [-0.05, 0) is 43.7 Å². The van der Waals surface area contributed by atoms with Crippen LogP contribution in [0.3, 0.4) is 0 Å². The van der Waals surface area contributed by atoms with Gasteiger partial charge in [-0.3, -0.25) is 0 Å². The van der Waals surface area contributed by atoms with Gasteiger partial charge in [-0.1, -0.05) is 30.3 Å². The van der Waals surface area contributed by atoms with E-state index in [4.69, 9.17) is 5.26 Å². The number of nitriles is 1. The highest BCUT2D eigenvalue weighted by atomic mass is 32.2. The van der Waals surface area contributed by atoms with Crippen molar-refractivity contribution in [1.82, 2.24) is 4.31 Å². The Labute approximate surface area is 142 Å². The van der Waals surface area contributed by atoms with Gasteiger partial charge in [-0.15, -0.1) is 0 Å². The number of hydrogen-bond donors (Lipinski definition) is 1. The van der Waals surface area contributed by atoms with Crippen molar-refractivity contribution in [1.29, 1.82) is 5.26 Å². The second-order valence-electron chi connectivity index (χ2n) is 6.21. The Bertz CT molecular complexity index is 817. The summed E-state index contributed by atoms with van der Waals surface area (Å²) >= 11 is 0. The maximum absolute atomic E-state index is 12.9. The van der Waals surface area contributed by atoms with Gasteiger partial charge in [0.05, 0.1) is 22.1 Å². The van der Waals surface area contributed by atoms with Gasteiger partial charge in [-0.2, -0.15) is 9.57 Å². The lowest BCUT2D eigenvalue weighted by Crippen LogP contribution is -2.41.